The largest absolute Gasteiger partial charge is 0.356 e. The van der Waals surface area contributed by atoms with E-state index >= 15 is 0 Å². The molecule has 0 unspecified atom stereocenters. The van der Waals surface area contributed by atoms with Crippen molar-refractivity contribution < 1.29 is 4.79 Å². The number of nitrogens with zero attached hydrogens (tertiary/aromatic N) is 3. The molecule has 0 saturated heterocycles. The first-order chi connectivity index (χ1) is 12.6. The van der Waals surface area contributed by atoms with Gasteiger partial charge in [0.1, 0.15) is 4.34 Å². The average molecular weight is 392 g/mol. The molecule has 140 valence electrons. The van der Waals surface area contributed by atoms with Crippen molar-refractivity contribution in [3.63, 3.8) is 0 Å². The molecule has 0 atom stereocenters. The summed E-state index contributed by atoms with van der Waals surface area (Å²) >= 11 is 3.45. The van der Waals surface area contributed by atoms with E-state index in [0.717, 1.165) is 34.6 Å². The van der Waals surface area contributed by atoms with Crippen LogP contribution >= 0.6 is 23.1 Å². The van der Waals surface area contributed by atoms with Gasteiger partial charge in [0.25, 0.3) is 5.91 Å². The maximum atomic E-state index is 11.9. The second-order valence-electron chi connectivity index (χ2n) is 5.75. The number of thiazole rings is 1. The molecule has 6 nitrogen and oxygen atoms in total. The van der Waals surface area contributed by atoms with E-state index in [1.165, 1.54) is 0 Å². The molecule has 1 heterocycles. The third-order valence-electron chi connectivity index (χ3n) is 3.54. The van der Waals surface area contributed by atoms with Gasteiger partial charge in [-0.3, -0.25) is 9.79 Å². The van der Waals surface area contributed by atoms with Gasteiger partial charge < -0.3 is 15.5 Å². The van der Waals surface area contributed by atoms with Crippen LogP contribution < -0.4 is 10.6 Å². The summed E-state index contributed by atoms with van der Waals surface area (Å²) in [5, 5.41) is 8.60. The van der Waals surface area contributed by atoms with Crippen molar-refractivity contribution >= 4 is 35.0 Å². The van der Waals surface area contributed by atoms with E-state index in [-0.39, 0.29) is 5.91 Å². The first-order valence-electron chi connectivity index (χ1n) is 8.37. The SMILES string of the molecule is CN=C(NCCCSc1nccs1)NCc1ccc(C(=O)N(C)C)cc1. The van der Waals surface area contributed by atoms with Crippen molar-refractivity contribution in [2.24, 2.45) is 4.99 Å². The number of amides is 1. The van der Waals surface area contributed by atoms with Crippen LogP contribution in [-0.4, -0.2) is 55.2 Å². The number of hydrogen-bond acceptors (Lipinski definition) is 5. The average Bonchev–Trinajstić information content (AvgIpc) is 3.17. The minimum absolute atomic E-state index is 0.0117. The van der Waals surface area contributed by atoms with Crippen LogP contribution in [0.5, 0.6) is 0 Å². The molecule has 0 bridgehead atoms. The predicted molar refractivity (Wildman–Crippen MR) is 110 cm³/mol. The number of aromatic nitrogens is 1. The highest BCUT2D eigenvalue weighted by molar-refractivity contribution is 8.00. The summed E-state index contributed by atoms with van der Waals surface area (Å²) < 4.78 is 1.11. The zero-order valence-electron chi connectivity index (χ0n) is 15.4. The lowest BCUT2D eigenvalue weighted by atomic mass is 10.1. The second kappa shape index (κ2) is 10.8. The van der Waals surface area contributed by atoms with Crippen LogP contribution in [0.25, 0.3) is 0 Å². The number of thioether (sulfide) groups is 1. The van der Waals surface area contributed by atoms with Gasteiger partial charge >= 0.3 is 0 Å². The van der Waals surface area contributed by atoms with E-state index < -0.39 is 0 Å². The van der Waals surface area contributed by atoms with Gasteiger partial charge in [0.2, 0.25) is 0 Å². The van der Waals surface area contributed by atoms with Crippen molar-refractivity contribution in [2.45, 2.75) is 17.3 Å². The maximum Gasteiger partial charge on any atom is 0.253 e. The Morgan fingerprint density at radius 1 is 1.27 bits per heavy atom. The fourth-order valence-corrected chi connectivity index (χ4v) is 3.80. The highest BCUT2D eigenvalue weighted by Gasteiger charge is 2.07. The number of rotatable bonds is 8. The monoisotopic (exact) mass is 391 g/mol. The molecule has 0 radical (unpaired) electrons. The summed E-state index contributed by atoms with van der Waals surface area (Å²) in [5.74, 6) is 1.81. The number of carbonyl (C=O) groups is 1. The van der Waals surface area contributed by atoms with Crippen LogP contribution in [0.1, 0.15) is 22.3 Å². The van der Waals surface area contributed by atoms with Crippen molar-refractivity contribution in [1.29, 1.82) is 0 Å². The molecule has 0 spiro atoms. The van der Waals surface area contributed by atoms with Gasteiger partial charge in [-0.05, 0) is 24.1 Å². The highest BCUT2D eigenvalue weighted by Crippen LogP contribution is 2.20. The molecule has 2 aromatic rings. The van der Waals surface area contributed by atoms with Crippen molar-refractivity contribution in [3.05, 3.63) is 47.0 Å². The minimum atomic E-state index is 0.0117. The highest BCUT2D eigenvalue weighted by atomic mass is 32.2. The zero-order valence-corrected chi connectivity index (χ0v) is 17.0. The van der Waals surface area contributed by atoms with E-state index in [2.05, 4.69) is 20.6 Å². The molecule has 0 fully saturated rings. The maximum absolute atomic E-state index is 11.9. The standard InChI is InChI=1S/C18H25N5OS2/c1-19-17(20-9-4-11-25-18-21-10-12-26-18)22-13-14-5-7-15(8-6-14)16(24)23(2)3/h5-8,10,12H,4,9,11,13H2,1-3H3,(H2,19,20,22). The summed E-state index contributed by atoms with van der Waals surface area (Å²) in [5.41, 5.74) is 1.79. The van der Waals surface area contributed by atoms with Gasteiger partial charge in [-0.1, -0.05) is 23.9 Å². The molecule has 1 amide bonds. The summed E-state index contributed by atoms with van der Waals surface area (Å²) in [7, 11) is 5.27. The van der Waals surface area contributed by atoms with Gasteiger partial charge in [0, 0.05) is 57.1 Å². The Bertz CT molecular complexity index is 699. The second-order valence-corrected chi connectivity index (χ2v) is 7.99. The molecule has 8 heteroatoms. The molecule has 1 aromatic heterocycles. The fraction of sp³-hybridized carbons (Fsp3) is 0.389. The first-order valence-corrected chi connectivity index (χ1v) is 10.2. The summed E-state index contributed by atoms with van der Waals surface area (Å²) in [6.07, 6.45) is 2.87. The Hall–Kier alpha value is -2.06. The molecule has 2 N–H and O–H groups in total. The first kappa shape index (κ1) is 20.3. The molecule has 1 aromatic carbocycles. The fourth-order valence-electron chi connectivity index (χ4n) is 2.15. The molecule has 26 heavy (non-hydrogen) atoms. The predicted octanol–water partition coefficient (Wildman–Crippen LogP) is 2.69. The number of carbonyl (C=O) groups excluding carboxylic acids is 1. The Labute approximate surface area is 163 Å². The van der Waals surface area contributed by atoms with Gasteiger partial charge in [-0.25, -0.2) is 4.98 Å². The van der Waals surface area contributed by atoms with Crippen molar-refractivity contribution in [3.8, 4) is 0 Å². The minimum Gasteiger partial charge on any atom is -0.356 e. The lowest BCUT2D eigenvalue weighted by Gasteiger charge is -2.13. The van der Waals surface area contributed by atoms with E-state index in [1.807, 2.05) is 35.8 Å². The number of nitrogens with one attached hydrogen (secondary N) is 2. The van der Waals surface area contributed by atoms with Crippen LogP contribution in [0.15, 0.2) is 45.2 Å². The molecule has 2 rings (SSSR count). The quantitative estimate of drug-likeness (QED) is 0.313. The summed E-state index contributed by atoms with van der Waals surface area (Å²) in [4.78, 5) is 22.0. The number of aliphatic imine (C=N–C) groups is 1. The summed E-state index contributed by atoms with van der Waals surface area (Å²) in [6.45, 7) is 1.51. The Morgan fingerprint density at radius 2 is 2.04 bits per heavy atom. The topological polar surface area (TPSA) is 69.6 Å². The van der Waals surface area contributed by atoms with Crippen LogP contribution in [-0.2, 0) is 6.54 Å². The van der Waals surface area contributed by atoms with Gasteiger partial charge in [-0.15, -0.1) is 11.3 Å². The van der Waals surface area contributed by atoms with Gasteiger partial charge in [0.05, 0.1) is 0 Å². The number of hydrogen-bond donors (Lipinski definition) is 2. The number of guanidine groups is 1. The molecule has 0 aliphatic carbocycles. The molecule has 0 aliphatic rings. The lowest BCUT2D eigenvalue weighted by molar-refractivity contribution is 0.0827. The van der Waals surface area contributed by atoms with Crippen LogP contribution in [0.4, 0.5) is 0 Å². The Kier molecular flexibility index (Phi) is 8.43. The smallest absolute Gasteiger partial charge is 0.253 e. The van der Waals surface area contributed by atoms with Gasteiger partial charge in [-0.2, -0.15) is 0 Å². The van der Waals surface area contributed by atoms with Crippen LogP contribution in [0, 0.1) is 0 Å². The summed E-state index contributed by atoms with van der Waals surface area (Å²) in [6, 6.07) is 7.63. The Morgan fingerprint density at radius 3 is 2.65 bits per heavy atom. The third-order valence-corrected chi connectivity index (χ3v) is 5.59. The van der Waals surface area contributed by atoms with Crippen LogP contribution in [0.2, 0.25) is 0 Å². The van der Waals surface area contributed by atoms with Crippen molar-refractivity contribution in [1.82, 2.24) is 20.5 Å². The normalized spacial score (nSPS) is 11.3. The van der Waals surface area contributed by atoms with Crippen molar-refractivity contribution in [2.75, 3.05) is 33.4 Å². The molecular formula is C18H25N5OS2. The van der Waals surface area contributed by atoms with E-state index in [4.69, 9.17) is 0 Å². The Balaban J connectivity index is 1.68. The van der Waals surface area contributed by atoms with Crippen LogP contribution in [0.3, 0.4) is 0 Å². The molecule has 0 saturated carbocycles. The third kappa shape index (κ3) is 6.68. The van der Waals surface area contributed by atoms with E-state index in [9.17, 15) is 4.79 Å². The molecule has 0 aliphatic heterocycles. The lowest BCUT2D eigenvalue weighted by Crippen LogP contribution is -2.37. The van der Waals surface area contributed by atoms with Gasteiger partial charge in [0.15, 0.2) is 5.96 Å². The molecular weight excluding hydrogens is 366 g/mol. The zero-order chi connectivity index (χ0) is 18.8. The number of benzene rings is 1. The van der Waals surface area contributed by atoms with E-state index in [1.54, 1.807) is 49.1 Å². The van der Waals surface area contributed by atoms with E-state index in [0.29, 0.717) is 12.1 Å².